The van der Waals surface area contributed by atoms with Crippen LogP contribution in [0, 0.1) is 0 Å². The lowest BCUT2D eigenvalue weighted by Gasteiger charge is -2.26. The van der Waals surface area contributed by atoms with Gasteiger partial charge in [0.2, 0.25) is 10.0 Å². The van der Waals surface area contributed by atoms with E-state index >= 15 is 0 Å². The Balaban J connectivity index is 2.15. The maximum atomic E-state index is 11.5. The van der Waals surface area contributed by atoms with E-state index in [-0.39, 0.29) is 25.3 Å². The second kappa shape index (κ2) is 8.56. The Labute approximate surface area is 120 Å². The molecule has 1 saturated carbocycles. The minimum Gasteiger partial charge on any atom is -0.465 e. The Bertz CT molecular complexity index is 391. The van der Waals surface area contributed by atoms with Crippen LogP contribution in [-0.2, 0) is 24.3 Å². The molecular weight excluding hydrogens is 284 g/mol. The van der Waals surface area contributed by atoms with E-state index in [4.69, 9.17) is 10.5 Å². The van der Waals surface area contributed by atoms with Crippen LogP contribution in [0.3, 0.4) is 0 Å². The Hall–Kier alpha value is -0.700. The molecule has 3 N–H and O–H groups in total. The van der Waals surface area contributed by atoms with Crippen LogP contribution in [0.15, 0.2) is 0 Å². The van der Waals surface area contributed by atoms with Crippen molar-refractivity contribution in [1.29, 1.82) is 0 Å². The second-order valence-corrected chi connectivity index (χ2v) is 6.67. The number of rotatable bonds is 8. The zero-order valence-electron chi connectivity index (χ0n) is 11.8. The fourth-order valence-corrected chi connectivity index (χ4v) is 2.98. The van der Waals surface area contributed by atoms with Crippen LogP contribution >= 0.6 is 0 Å². The van der Waals surface area contributed by atoms with Crippen molar-refractivity contribution in [2.75, 3.05) is 25.5 Å². The first-order chi connectivity index (χ1) is 9.43. The van der Waals surface area contributed by atoms with Crippen LogP contribution in [0.5, 0.6) is 0 Å². The van der Waals surface area contributed by atoms with Crippen molar-refractivity contribution in [3.8, 4) is 0 Å². The molecule has 0 spiro atoms. The zero-order chi connectivity index (χ0) is 15.0. The van der Waals surface area contributed by atoms with Crippen LogP contribution in [0.2, 0.25) is 0 Å². The predicted molar refractivity (Wildman–Crippen MR) is 74.6 cm³/mol. The van der Waals surface area contributed by atoms with E-state index in [1.807, 2.05) is 0 Å². The average molecular weight is 308 g/mol. The number of esters is 1. The van der Waals surface area contributed by atoms with Crippen molar-refractivity contribution in [2.24, 2.45) is 5.73 Å². The third-order valence-electron chi connectivity index (χ3n) is 3.11. The molecule has 118 valence electrons. The van der Waals surface area contributed by atoms with Crippen molar-refractivity contribution in [2.45, 2.75) is 44.8 Å². The summed E-state index contributed by atoms with van der Waals surface area (Å²) in [5.74, 6) is -1.40. The van der Waals surface area contributed by atoms with Crippen LogP contribution in [0.25, 0.3) is 0 Å². The molecule has 0 atom stereocenters. The van der Waals surface area contributed by atoms with Crippen molar-refractivity contribution < 1.29 is 22.7 Å². The average Bonchev–Trinajstić information content (AvgIpc) is 2.36. The van der Waals surface area contributed by atoms with Gasteiger partial charge < -0.3 is 15.2 Å². The smallest absolute Gasteiger partial charge is 0.322 e. The third-order valence-corrected chi connectivity index (χ3v) is 4.37. The molecule has 1 rings (SSSR count). The lowest BCUT2D eigenvalue weighted by atomic mass is 9.94. The number of hydrogen-bond donors (Lipinski definition) is 2. The lowest BCUT2D eigenvalue weighted by molar-refractivity contribution is -0.139. The zero-order valence-corrected chi connectivity index (χ0v) is 12.7. The molecule has 1 aliphatic carbocycles. The molecule has 0 aliphatic heterocycles. The Kier molecular flexibility index (Phi) is 7.42. The van der Waals surface area contributed by atoms with Gasteiger partial charge in [0.25, 0.3) is 0 Å². The molecule has 1 aliphatic rings. The molecule has 0 bridgehead atoms. The normalized spacial score (nSPS) is 23.5. The number of carbonyl (C=O) groups is 1. The Morgan fingerprint density at radius 1 is 1.30 bits per heavy atom. The van der Waals surface area contributed by atoms with Gasteiger partial charge in [0.05, 0.1) is 19.3 Å². The minimum absolute atomic E-state index is 0.157. The quantitative estimate of drug-likeness (QED) is 0.473. The van der Waals surface area contributed by atoms with Crippen molar-refractivity contribution in [3.63, 3.8) is 0 Å². The molecule has 0 unspecified atom stereocenters. The van der Waals surface area contributed by atoms with Crippen LogP contribution in [0.4, 0.5) is 0 Å². The molecule has 0 aromatic rings. The highest BCUT2D eigenvalue weighted by Gasteiger charge is 2.20. The van der Waals surface area contributed by atoms with Gasteiger partial charge in [-0.2, -0.15) is 0 Å². The highest BCUT2D eigenvalue weighted by atomic mass is 32.2. The molecule has 1 fully saturated rings. The number of ether oxygens (including phenoxy) is 2. The molecule has 0 saturated heterocycles. The summed E-state index contributed by atoms with van der Waals surface area (Å²) < 4.78 is 35.5. The summed E-state index contributed by atoms with van der Waals surface area (Å²) in [6.45, 7) is 2.25. The van der Waals surface area contributed by atoms with Gasteiger partial charge in [-0.25, -0.2) is 13.1 Å². The van der Waals surface area contributed by atoms with Crippen molar-refractivity contribution >= 4 is 16.0 Å². The predicted octanol–water partition coefficient (Wildman–Crippen LogP) is -0.245. The van der Waals surface area contributed by atoms with Gasteiger partial charge >= 0.3 is 5.97 Å². The summed E-state index contributed by atoms with van der Waals surface area (Å²) in [5, 5.41) is 0. The molecule has 0 amide bonds. The summed E-state index contributed by atoms with van der Waals surface area (Å²) >= 11 is 0. The van der Waals surface area contributed by atoms with Gasteiger partial charge in [0, 0.05) is 12.6 Å². The second-order valence-electron chi connectivity index (χ2n) is 4.87. The number of carbonyl (C=O) groups excluding carboxylic acids is 1. The van der Waals surface area contributed by atoms with E-state index < -0.39 is 21.7 Å². The van der Waals surface area contributed by atoms with Gasteiger partial charge in [-0.1, -0.05) is 0 Å². The third kappa shape index (κ3) is 7.18. The standard InChI is InChI=1S/C12H24N2O5S/c1-2-18-12(15)9-20(16,17)14-7-8-19-11-5-3-10(13)4-6-11/h10-11,14H,2-9,13H2,1H3. The summed E-state index contributed by atoms with van der Waals surface area (Å²) in [4.78, 5) is 11.1. The highest BCUT2D eigenvalue weighted by Crippen LogP contribution is 2.19. The lowest BCUT2D eigenvalue weighted by Crippen LogP contribution is -2.35. The van der Waals surface area contributed by atoms with E-state index in [9.17, 15) is 13.2 Å². The first-order valence-corrected chi connectivity index (χ1v) is 8.58. The van der Waals surface area contributed by atoms with Gasteiger partial charge in [-0.15, -0.1) is 0 Å². The molecule has 0 heterocycles. The van der Waals surface area contributed by atoms with Gasteiger partial charge in [0.1, 0.15) is 0 Å². The monoisotopic (exact) mass is 308 g/mol. The number of hydrogen-bond acceptors (Lipinski definition) is 6. The largest absolute Gasteiger partial charge is 0.465 e. The minimum atomic E-state index is -3.64. The van der Waals surface area contributed by atoms with Gasteiger partial charge in [-0.3, -0.25) is 4.79 Å². The maximum absolute atomic E-state index is 11.5. The summed E-state index contributed by atoms with van der Waals surface area (Å²) in [7, 11) is -3.64. The fraction of sp³-hybridized carbons (Fsp3) is 0.917. The molecule has 0 radical (unpaired) electrons. The van der Waals surface area contributed by atoms with E-state index in [0.29, 0.717) is 6.61 Å². The first-order valence-electron chi connectivity index (χ1n) is 6.93. The number of nitrogens with two attached hydrogens (primary N) is 1. The van der Waals surface area contributed by atoms with E-state index in [1.54, 1.807) is 6.92 Å². The highest BCUT2D eigenvalue weighted by molar-refractivity contribution is 7.90. The van der Waals surface area contributed by atoms with Crippen LogP contribution in [-0.4, -0.2) is 52.0 Å². The molecule has 8 heteroatoms. The Morgan fingerprint density at radius 3 is 2.55 bits per heavy atom. The number of nitrogens with one attached hydrogen (secondary N) is 1. The Morgan fingerprint density at radius 2 is 1.95 bits per heavy atom. The van der Waals surface area contributed by atoms with Gasteiger partial charge in [-0.05, 0) is 32.6 Å². The topological polar surface area (TPSA) is 108 Å². The van der Waals surface area contributed by atoms with E-state index in [2.05, 4.69) is 9.46 Å². The van der Waals surface area contributed by atoms with Gasteiger partial charge in [0.15, 0.2) is 5.75 Å². The van der Waals surface area contributed by atoms with Crippen LogP contribution in [0.1, 0.15) is 32.6 Å². The molecule has 20 heavy (non-hydrogen) atoms. The summed E-state index contributed by atoms with van der Waals surface area (Å²) in [6.07, 6.45) is 3.87. The van der Waals surface area contributed by atoms with Crippen LogP contribution < -0.4 is 10.5 Å². The van der Waals surface area contributed by atoms with Crippen molar-refractivity contribution in [1.82, 2.24) is 4.72 Å². The summed E-state index contributed by atoms with van der Waals surface area (Å²) in [6, 6.07) is 0.262. The molecular formula is C12H24N2O5S. The summed E-state index contributed by atoms with van der Waals surface area (Å²) in [5.41, 5.74) is 5.79. The number of sulfonamides is 1. The maximum Gasteiger partial charge on any atom is 0.322 e. The molecule has 0 aromatic carbocycles. The molecule has 0 aromatic heterocycles. The van der Waals surface area contributed by atoms with Crippen molar-refractivity contribution in [3.05, 3.63) is 0 Å². The van der Waals surface area contributed by atoms with E-state index in [0.717, 1.165) is 25.7 Å². The molecule has 7 nitrogen and oxygen atoms in total. The first kappa shape index (κ1) is 17.4. The SMILES string of the molecule is CCOC(=O)CS(=O)(=O)NCCOC1CCC(N)CC1. The fourth-order valence-electron chi connectivity index (χ4n) is 2.09. The van der Waals surface area contributed by atoms with E-state index in [1.165, 1.54) is 0 Å².